The average molecular weight is 423 g/mol. The van der Waals surface area contributed by atoms with Crippen LogP contribution in [0.5, 0.6) is 5.75 Å². The number of rotatable bonds is 8. The van der Waals surface area contributed by atoms with Gasteiger partial charge in [0.1, 0.15) is 12.4 Å². The zero-order valence-corrected chi connectivity index (χ0v) is 17.6. The number of carbonyl (C=O) groups excluding carboxylic acids is 1. The molecule has 1 atom stereocenters. The summed E-state index contributed by atoms with van der Waals surface area (Å²) in [6.07, 6.45) is 0. The predicted molar refractivity (Wildman–Crippen MR) is 119 cm³/mol. The Morgan fingerprint density at radius 3 is 2.67 bits per heavy atom. The van der Waals surface area contributed by atoms with Crippen LogP contribution in [0.3, 0.4) is 0 Å². The molecule has 1 N–H and O–H groups in total. The first-order valence-electron chi connectivity index (χ1n) is 10.2. The summed E-state index contributed by atoms with van der Waals surface area (Å²) in [5, 5.41) is 5.14. The molecular formula is C24H26N2O3S. The molecule has 2 heterocycles. The van der Waals surface area contributed by atoms with Crippen molar-refractivity contribution in [3.8, 4) is 5.75 Å². The highest BCUT2D eigenvalue weighted by molar-refractivity contribution is 7.09. The van der Waals surface area contributed by atoms with Crippen LogP contribution in [0.4, 0.5) is 0 Å². The molecule has 5 nitrogen and oxygen atoms in total. The van der Waals surface area contributed by atoms with Gasteiger partial charge in [-0.3, -0.25) is 9.69 Å². The van der Waals surface area contributed by atoms with Crippen LogP contribution in [0, 0.1) is 0 Å². The van der Waals surface area contributed by atoms with E-state index >= 15 is 0 Å². The average Bonchev–Trinajstić information content (AvgIpc) is 3.33. The molecule has 0 spiro atoms. The highest BCUT2D eigenvalue weighted by Gasteiger charge is 2.23. The Hall–Kier alpha value is -2.67. The van der Waals surface area contributed by atoms with Crippen LogP contribution in [0.15, 0.2) is 72.1 Å². The van der Waals surface area contributed by atoms with E-state index in [0.29, 0.717) is 24.5 Å². The number of carbonyl (C=O) groups is 1. The van der Waals surface area contributed by atoms with Gasteiger partial charge in [0.15, 0.2) is 0 Å². The lowest BCUT2D eigenvalue weighted by Gasteiger charge is -2.35. The Bertz CT molecular complexity index is 925. The van der Waals surface area contributed by atoms with Crippen LogP contribution in [0.2, 0.25) is 0 Å². The first-order chi connectivity index (χ1) is 14.8. The number of hydrogen-bond donors (Lipinski definition) is 1. The van der Waals surface area contributed by atoms with Gasteiger partial charge in [0, 0.05) is 30.1 Å². The molecule has 0 saturated carbocycles. The maximum atomic E-state index is 12.8. The second-order valence-electron chi connectivity index (χ2n) is 7.18. The SMILES string of the molecule is O=C(NCC(c1ccccc1)N1CCOCC1)c1cccc(OCc2cccs2)c1. The molecule has 2 aromatic carbocycles. The van der Waals surface area contributed by atoms with Gasteiger partial charge in [-0.05, 0) is 35.2 Å². The fraction of sp³-hybridized carbons (Fsp3) is 0.292. The lowest BCUT2D eigenvalue weighted by atomic mass is 10.0. The monoisotopic (exact) mass is 422 g/mol. The molecule has 6 heteroatoms. The summed E-state index contributed by atoms with van der Waals surface area (Å²) >= 11 is 1.66. The van der Waals surface area contributed by atoms with Crippen molar-refractivity contribution >= 4 is 17.2 Å². The lowest BCUT2D eigenvalue weighted by molar-refractivity contribution is 0.0162. The number of thiophene rings is 1. The van der Waals surface area contributed by atoms with Gasteiger partial charge >= 0.3 is 0 Å². The molecule has 1 saturated heterocycles. The summed E-state index contributed by atoms with van der Waals surface area (Å²) in [6, 6.07) is 21.8. The molecule has 156 valence electrons. The largest absolute Gasteiger partial charge is 0.488 e. The van der Waals surface area contributed by atoms with Gasteiger partial charge in [-0.15, -0.1) is 11.3 Å². The molecule has 1 amide bonds. The van der Waals surface area contributed by atoms with E-state index in [1.54, 1.807) is 17.4 Å². The Labute approximate surface area is 181 Å². The molecule has 0 radical (unpaired) electrons. The highest BCUT2D eigenvalue weighted by atomic mass is 32.1. The van der Waals surface area contributed by atoms with Crippen molar-refractivity contribution in [3.05, 3.63) is 88.1 Å². The van der Waals surface area contributed by atoms with E-state index in [1.807, 2.05) is 53.9 Å². The van der Waals surface area contributed by atoms with Gasteiger partial charge in [-0.25, -0.2) is 0 Å². The number of benzene rings is 2. The Balaban J connectivity index is 1.40. The third-order valence-corrected chi connectivity index (χ3v) is 6.03. The van der Waals surface area contributed by atoms with Crippen LogP contribution < -0.4 is 10.1 Å². The fourth-order valence-corrected chi connectivity index (χ4v) is 4.21. The van der Waals surface area contributed by atoms with Crippen molar-refractivity contribution in [2.75, 3.05) is 32.8 Å². The van der Waals surface area contributed by atoms with Gasteiger partial charge in [0.25, 0.3) is 5.91 Å². The zero-order chi connectivity index (χ0) is 20.6. The fourth-order valence-electron chi connectivity index (χ4n) is 3.59. The van der Waals surface area contributed by atoms with Crippen LogP contribution in [0.1, 0.15) is 26.8 Å². The van der Waals surface area contributed by atoms with Crippen molar-refractivity contribution in [1.82, 2.24) is 10.2 Å². The number of ether oxygens (including phenoxy) is 2. The number of nitrogens with one attached hydrogen (secondary N) is 1. The Morgan fingerprint density at radius 1 is 1.07 bits per heavy atom. The third kappa shape index (κ3) is 5.48. The Kier molecular flexibility index (Phi) is 7.13. The summed E-state index contributed by atoms with van der Waals surface area (Å²) in [5.41, 5.74) is 1.81. The second kappa shape index (κ2) is 10.4. The maximum absolute atomic E-state index is 12.8. The number of morpholine rings is 1. The minimum atomic E-state index is -0.0919. The smallest absolute Gasteiger partial charge is 0.251 e. The lowest BCUT2D eigenvalue weighted by Crippen LogP contribution is -2.43. The maximum Gasteiger partial charge on any atom is 0.251 e. The van der Waals surface area contributed by atoms with Crippen molar-refractivity contribution in [2.24, 2.45) is 0 Å². The van der Waals surface area contributed by atoms with Crippen LogP contribution >= 0.6 is 11.3 Å². The number of amides is 1. The number of hydrogen-bond acceptors (Lipinski definition) is 5. The molecule has 3 aromatic rings. The molecule has 1 aliphatic rings. The quantitative estimate of drug-likeness (QED) is 0.593. The van der Waals surface area contributed by atoms with Crippen molar-refractivity contribution in [3.63, 3.8) is 0 Å². The second-order valence-corrected chi connectivity index (χ2v) is 8.21. The summed E-state index contributed by atoms with van der Waals surface area (Å²) in [5.74, 6) is 0.606. The van der Waals surface area contributed by atoms with Crippen LogP contribution in [-0.4, -0.2) is 43.7 Å². The van der Waals surface area contributed by atoms with E-state index in [1.165, 1.54) is 5.56 Å². The van der Waals surface area contributed by atoms with Gasteiger partial charge in [-0.2, -0.15) is 0 Å². The Morgan fingerprint density at radius 2 is 1.90 bits per heavy atom. The first-order valence-corrected chi connectivity index (χ1v) is 11.1. The first kappa shape index (κ1) is 20.6. The van der Waals surface area contributed by atoms with Gasteiger partial charge < -0.3 is 14.8 Å². The van der Waals surface area contributed by atoms with Crippen LogP contribution in [-0.2, 0) is 11.3 Å². The van der Waals surface area contributed by atoms with Gasteiger partial charge in [-0.1, -0.05) is 42.5 Å². The van der Waals surface area contributed by atoms with Crippen molar-refractivity contribution < 1.29 is 14.3 Å². The van der Waals surface area contributed by atoms with Gasteiger partial charge in [0.2, 0.25) is 0 Å². The third-order valence-electron chi connectivity index (χ3n) is 5.18. The molecule has 4 rings (SSSR count). The summed E-state index contributed by atoms with van der Waals surface area (Å²) in [4.78, 5) is 16.4. The molecule has 0 aliphatic carbocycles. The minimum absolute atomic E-state index is 0.0919. The topological polar surface area (TPSA) is 50.8 Å². The van der Waals surface area contributed by atoms with Crippen LogP contribution in [0.25, 0.3) is 0 Å². The van der Waals surface area contributed by atoms with E-state index in [-0.39, 0.29) is 11.9 Å². The molecular weight excluding hydrogens is 396 g/mol. The number of nitrogens with zero attached hydrogens (tertiary/aromatic N) is 1. The minimum Gasteiger partial charge on any atom is -0.488 e. The normalized spacial score (nSPS) is 15.5. The predicted octanol–water partition coefficient (Wildman–Crippen LogP) is 4.13. The van der Waals surface area contributed by atoms with E-state index in [9.17, 15) is 4.79 Å². The van der Waals surface area contributed by atoms with E-state index in [0.717, 1.165) is 31.2 Å². The highest BCUT2D eigenvalue weighted by Crippen LogP contribution is 2.22. The molecule has 1 aliphatic heterocycles. The van der Waals surface area contributed by atoms with Gasteiger partial charge in [0.05, 0.1) is 19.3 Å². The zero-order valence-electron chi connectivity index (χ0n) is 16.8. The van der Waals surface area contributed by atoms with E-state index in [4.69, 9.17) is 9.47 Å². The molecule has 1 fully saturated rings. The molecule has 1 aromatic heterocycles. The molecule has 0 bridgehead atoms. The molecule has 1 unspecified atom stereocenters. The molecule has 30 heavy (non-hydrogen) atoms. The van der Waals surface area contributed by atoms with Crippen molar-refractivity contribution in [2.45, 2.75) is 12.6 Å². The summed E-state index contributed by atoms with van der Waals surface area (Å²) < 4.78 is 11.3. The summed E-state index contributed by atoms with van der Waals surface area (Å²) in [6.45, 7) is 4.23. The standard InChI is InChI=1S/C24H26N2O3S/c27-24(20-8-4-9-21(16-20)29-18-22-10-5-15-30-22)25-17-23(19-6-2-1-3-7-19)26-11-13-28-14-12-26/h1-10,15-16,23H,11-14,17-18H2,(H,25,27). The van der Waals surface area contributed by atoms with E-state index in [2.05, 4.69) is 22.3 Å². The summed E-state index contributed by atoms with van der Waals surface area (Å²) in [7, 11) is 0. The van der Waals surface area contributed by atoms with Crippen molar-refractivity contribution in [1.29, 1.82) is 0 Å². The van der Waals surface area contributed by atoms with E-state index < -0.39 is 0 Å².